The quantitative estimate of drug-likeness (QED) is 0.348. The number of ether oxygens (including phenoxy) is 1. The zero-order valence-corrected chi connectivity index (χ0v) is 18.5. The van der Waals surface area contributed by atoms with Crippen molar-refractivity contribution in [3.05, 3.63) is 76.7 Å². The number of ketones is 1. The summed E-state index contributed by atoms with van der Waals surface area (Å²) in [5, 5.41) is 10.5. The molecule has 164 valence electrons. The van der Waals surface area contributed by atoms with Crippen molar-refractivity contribution in [2.24, 2.45) is 0 Å². The number of rotatable bonds is 4. The number of esters is 1. The first-order valence-corrected chi connectivity index (χ1v) is 10.8. The molecule has 0 atom stereocenters. The van der Waals surface area contributed by atoms with E-state index in [9.17, 15) is 14.9 Å². The molecule has 0 spiro atoms. The number of fused-ring (bicyclic) bond motifs is 3. The number of benzene rings is 2. The lowest BCUT2D eigenvalue weighted by atomic mass is 10.0. The first kappa shape index (κ1) is 20.7. The van der Waals surface area contributed by atoms with Crippen LogP contribution in [-0.2, 0) is 22.4 Å². The third kappa shape index (κ3) is 3.31. The molecular formula is C26H22N4O3. The van der Waals surface area contributed by atoms with Gasteiger partial charge in [0.2, 0.25) is 5.78 Å². The van der Waals surface area contributed by atoms with Crippen LogP contribution in [0.25, 0.3) is 10.9 Å². The summed E-state index contributed by atoms with van der Waals surface area (Å²) in [6.07, 6.45) is 2.51. The van der Waals surface area contributed by atoms with Gasteiger partial charge in [-0.15, -0.1) is 0 Å². The number of para-hydroxylation sites is 3. The van der Waals surface area contributed by atoms with Crippen LogP contribution in [0.3, 0.4) is 0 Å². The highest BCUT2D eigenvalue weighted by Gasteiger charge is 2.32. The average molecular weight is 438 g/mol. The number of carbonyl (C=O) groups excluding carboxylic acids is 2. The number of carbonyl (C=O) groups is 2. The second-order valence-corrected chi connectivity index (χ2v) is 8.20. The van der Waals surface area contributed by atoms with Crippen molar-refractivity contribution >= 4 is 34.0 Å². The topological polar surface area (TPSA) is 86.5 Å². The van der Waals surface area contributed by atoms with Crippen LogP contribution in [0.2, 0.25) is 0 Å². The molecule has 2 aromatic carbocycles. The molecular weight excluding hydrogens is 416 g/mol. The molecule has 2 aliphatic rings. The Balaban J connectivity index is 1.43. The lowest BCUT2D eigenvalue weighted by Gasteiger charge is -2.20. The zero-order valence-electron chi connectivity index (χ0n) is 18.5. The number of aryl methyl sites for hydroxylation is 1. The molecule has 0 saturated carbocycles. The zero-order chi connectivity index (χ0) is 23.1. The Morgan fingerprint density at radius 3 is 2.39 bits per heavy atom. The number of nitriles is 1. The van der Waals surface area contributed by atoms with E-state index in [1.54, 1.807) is 23.9 Å². The molecule has 1 aliphatic carbocycles. The molecule has 0 unspecified atom stereocenters. The number of nitrogens with zero attached hydrogens (tertiary/aromatic N) is 4. The summed E-state index contributed by atoms with van der Waals surface area (Å²) < 4.78 is 5.47. The largest absolute Gasteiger partial charge is 0.454 e. The Morgan fingerprint density at radius 1 is 1.03 bits per heavy atom. The molecule has 1 aliphatic heterocycles. The van der Waals surface area contributed by atoms with E-state index in [0.717, 1.165) is 52.8 Å². The Morgan fingerprint density at radius 2 is 1.70 bits per heavy atom. The van der Waals surface area contributed by atoms with E-state index in [1.807, 2.05) is 54.6 Å². The van der Waals surface area contributed by atoms with E-state index in [4.69, 9.17) is 4.74 Å². The van der Waals surface area contributed by atoms with Crippen LogP contribution in [0, 0.1) is 11.3 Å². The minimum Gasteiger partial charge on any atom is -0.454 e. The van der Waals surface area contributed by atoms with Gasteiger partial charge in [0.1, 0.15) is 17.5 Å². The second-order valence-electron chi connectivity index (χ2n) is 8.20. The molecule has 5 rings (SSSR count). The fourth-order valence-electron chi connectivity index (χ4n) is 4.78. The third-order valence-electron chi connectivity index (χ3n) is 6.31. The molecule has 0 amide bonds. The van der Waals surface area contributed by atoms with Gasteiger partial charge < -0.3 is 14.5 Å². The summed E-state index contributed by atoms with van der Waals surface area (Å²) >= 11 is 0. The Hall–Kier alpha value is -4.18. The minimum atomic E-state index is -0.557. The van der Waals surface area contributed by atoms with E-state index in [0.29, 0.717) is 11.4 Å². The van der Waals surface area contributed by atoms with Crippen molar-refractivity contribution in [1.29, 1.82) is 5.26 Å². The molecule has 0 saturated heterocycles. The predicted molar refractivity (Wildman–Crippen MR) is 125 cm³/mol. The van der Waals surface area contributed by atoms with Crippen molar-refractivity contribution in [2.45, 2.75) is 19.3 Å². The standard InChI is InChI=1S/C26H22N4O3/c1-29-21-12-5-6-13-22(21)30(2)25(29)18(14-27)23(31)15-33-26(32)24-16-8-3-4-10-19(16)28-20-11-7-9-17(20)24/h3-6,8,10,12-13H,7,9,11,15H2,1-2H3. The van der Waals surface area contributed by atoms with E-state index >= 15 is 0 Å². The van der Waals surface area contributed by atoms with Gasteiger partial charge in [-0.2, -0.15) is 5.26 Å². The van der Waals surface area contributed by atoms with E-state index in [2.05, 4.69) is 4.98 Å². The smallest absolute Gasteiger partial charge is 0.339 e. The van der Waals surface area contributed by atoms with E-state index in [-0.39, 0.29) is 5.57 Å². The predicted octanol–water partition coefficient (Wildman–Crippen LogP) is 3.77. The number of pyridine rings is 1. The second kappa shape index (κ2) is 8.06. The number of hydrogen-bond acceptors (Lipinski definition) is 7. The summed E-state index contributed by atoms with van der Waals surface area (Å²) in [6.45, 7) is -0.505. The summed E-state index contributed by atoms with van der Waals surface area (Å²) in [7, 11) is 3.61. The van der Waals surface area contributed by atoms with Crippen LogP contribution >= 0.6 is 0 Å². The summed E-state index contributed by atoms with van der Waals surface area (Å²) in [5.41, 5.74) is 4.78. The molecule has 0 bridgehead atoms. The monoisotopic (exact) mass is 438 g/mol. The average Bonchev–Trinajstić information content (AvgIpc) is 3.40. The van der Waals surface area contributed by atoms with E-state index in [1.165, 1.54) is 0 Å². The Kier molecular flexibility index (Phi) is 5.06. The molecule has 33 heavy (non-hydrogen) atoms. The number of hydrogen-bond donors (Lipinski definition) is 0. The van der Waals surface area contributed by atoms with Crippen LogP contribution in [-0.4, -0.2) is 37.4 Å². The van der Waals surface area contributed by atoms with Crippen LogP contribution in [0.15, 0.2) is 59.9 Å². The van der Waals surface area contributed by atoms with Gasteiger partial charge >= 0.3 is 5.97 Å². The summed E-state index contributed by atoms with van der Waals surface area (Å²) in [4.78, 5) is 34.4. The molecule has 1 aromatic heterocycles. The fourth-order valence-corrected chi connectivity index (χ4v) is 4.78. The molecule has 0 N–H and O–H groups in total. The van der Waals surface area contributed by atoms with Gasteiger partial charge in [0.15, 0.2) is 6.61 Å². The van der Waals surface area contributed by atoms with Crippen LogP contribution in [0.4, 0.5) is 11.4 Å². The summed E-state index contributed by atoms with van der Waals surface area (Å²) in [5.74, 6) is -0.629. The molecule has 3 aromatic rings. The Labute approximate surface area is 191 Å². The van der Waals surface area contributed by atoms with Gasteiger partial charge in [-0.25, -0.2) is 4.79 Å². The van der Waals surface area contributed by atoms with Gasteiger partial charge in [0.25, 0.3) is 0 Å². The van der Waals surface area contributed by atoms with E-state index < -0.39 is 18.4 Å². The first-order chi connectivity index (χ1) is 16.0. The maximum atomic E-state index is 13.1. The highest BCUT2D eigenvalue weighted by Crippen LogP contribution is 2.40. The van der Waals surface area contributed by atoms with Crippen molar-refractivity contribution in [1.82, 2.24) is 4.98 Å². The van der Waals surface area contributed by atoms with Crippen LogP contribution in [0.1, 0.15) is 28.0 Å². The van der Waals surface area contributed by atoms with Crippen molar-refractivity contribution in [2.75, 3.05) is 30.5 Å². The maximum Gasteiger partial charge on any atom is 0.339 e. The van der Waals surface area contributed by atoms with Gasteiger partial charge in [0.05, 0.1) is 22.5 Å². The Bertz CT molecular complexity index is 1360. The van der Waals surface area contributed by atoms with Gasteiger partial charge in [0, 0.05) is 25.2 Å². The maximum absolute atomic E-state index is 13.1. The summed E-state index contributed by atoms with van der Waals surface area (Å²) in [6, 6.07) is 17.1. The van der Waals surface area contributed by atoms with Gasteiger partial charge in [-0.3, -0.25) is 9.78 Å². The molecule has 0 fully saturated rings. The highest BCUT2D eigenvalue weighted by molar-refractivity contribution is 6.08. The normalized spacial score (nSPS) is 14.2. The molecule has 7 nitrogen and oxygen atoms in total. The molecule has 0 radical (unpaired) electrons. The fraction of sp³-hybridized carbons (Fsp3) is 0.231. The van der Waals surface area contributed by atoms with Gasteiger partial charge in [-0.1, -0.05) is 30.3 Å². The SMILES string of the molecule is CN1C(=C(C#N)C(=O)COC(=O)c2c3c(nc4ccccc24)CCC3)N(C)c2ccccc21. The third-order valence-corrected chi connectivity index (χ3v) is 6.31. The highest BCUT2D eigenvalue weighted by atomic mass is 16.5. The molecule has 2 heterocycles. The van der Waals surface area contributed by atoms with Crippen molar-refractivity contribution in [3.63, 3.8) is 0 Å². The lowest BCUT2D eigenvalue weighted by Crippen LogP contribution is -2.28. The van der Waals surface area contributed by atoms with Crippen LogP contribution < -0.4 is 9.80 Å². The van der Waals surface area contributed by atoms with Crippen LogP contribution in [0.5, 0.6) is 0 Å². The number of Topliss-reactive ketones (excluding diaryl/α,β-unsaturated/α-hetero) is 1. The van der Waals surface area contributed by atoms with Crippen molar-refractivity contribution in [3.8, 4) is 6.07 Å². The van der Waals surface area contributed by atoms with Crippen molar-refractivity contribution < 1.29 is 14.3 Å². The minimum absolute atomic E-state index is 0.0474. The number of aromatic nitrogens is 1. The molecule has 7 heteroatoms. The van der Waals surface area contributed by atoms with Gasteiger partial charge in [-0.05, 0) is 43.0 Å². The lowest BCUT2D eigenvalue weighted by molar-refractivity contribution is -0.118. The number of anilines is 2. The first-order valence-electron chi connectivity index (χ1n) is 10.8.